The van der Waals surface area contributed by atoms with Gasteiger partial charge in [0.05, 0.1) is 11.8 Å². The highest BCUT2D eigenvalue weighted by molar-refractivity contribution is 6.12. The topological polar surface area (TPSA) is 29.9 Å². The number of benzene rings is 2. The summed E-state index contributed by atoms with van der Waals surface area (Å²) < 4.78 is 31.7. The number of aryl methyl sites for hydroxylation is 2. The van der Waals surface area contributed by atoms with Crippen LogP contribution in [0.5, 0.6) is 0 Å². The Morgan fingerprint density at radius 3 is 2.47 bits per heavy atom. The van der Waals surface area contributed by atoms with Crippen LogP contribution in [0, 0.1) is 13.8 Å². The zero-order valence-corrected chi connectivity index (χ0v) is 18.7. The second kappa shape index (κ2) is 6.16. The van der Waals surface area contributed by atoms with E-state index in [0.717, 1.165) is 40.7 Å². The quantitative estimate of drug-likeness (QED) is 0.343. The maximum atomic E-state index is 7.75. The van der Waals surface area contributed by atoms with Crippen LogP contribution in [-0.2, 0) is 17.9 Å². The summed E-state index contributed by atoms with van der Waals surface area (Å²) in [5.74, 6) is 0. The fourth-order valence-electron chi connectivity index (χ4n) is 5.53. The average Bonchev–Trinajstić information content (AvgIpc) is 3.09. The van der Waals surface area contributed by atoms with Crippen LogP contribution < -0.4 is 4.57 Å². The molecule has 0 spiro atoms. The number of fused-ring (bicyclic) bond motifs is 5. The Balaban J connectivity index is 1.98. The zero-order valence-electron chi connectivity index (χ0n) is 21.7. The lowest BCUT2D eigenvalue weighted by Gasteiger charge is -2.43. The van der Waals surface area contributed by atoms with E-state index in [9.17, 15) is 0 Å². The van der Waals surface area contributed by atoms with E-state index in [0.29, 0.717) is 0 Å². The highest BCUT2D eigenvalue weighted by atomic mass is 16.3. The van der Waals surface area contributed by atoms with Crippen molar-refractivity contribution in [2.45, 2.75) is 65.1 Å². The maximum Gasteiger partial charge on any atom is 0.234 e. The number of para-hydroxylation sites is 1. The van der Waals surface area contributed by atoms with Crippen LogP contribution in [0.4, 0.5) is 0 Å². The molecule has 0 amide bonds. The van der Waals surface area contributed by atoms with Gasteiger partial charge in [-0.25, -0.2) is 4.98 Å². The molecule has 0 bridgehead atoms. The zero-order chi connectivity index (χ0) is 23.9. The Bertz CT molecular complexity index is 1430. The first-order valence-corrected chi connectivity index (χ1v) is 10.7. The summed E-state index contributed by atoms with van der Waals surface area (Å²) in [7, 11) is 1.88. The lowest BCUT2D eigenvalue weighted by Crippen LogP contribution is -2.36. The summed E-state index contributed by atoms with van der Waals surface area (Å²) in [6.07, 6.45) is 5.52. The summed E-state index contributed by atoms with van der Waals surface area (Å²) in [4.78, 5) is 4.34. The van der Waals surface area contributed by atoms with Gasteiger partial charge < -0.3 is 4.42 Å². The van der Waals surface area contributed by atoms with Gasteiger partial charge >= 0.3 is 0 Å². The van der Waals surface area contributed by atoms with Gasteiger partial charge in [-0.05, 0) is 60.2 Å². The minimum absolute atomic E-state index is 0.0148. The van der Waals surface area contributed by atoms with Gasteiger partial charge in [0, 0.05) is 14.9 Å². The normalized spacial score (nSPS) is 19.3. The number of nitrogens with zero attached hydrogens (tertiary/aromatic N) is 2. The molecule has 0 atom stereocenters. The summed E-state index contributed by atoms with van der Waals surface area (Å²) in [6, 6.07) is 8.24. The molecule has 1 aliphatic rings. The molecule has 0 saturated heterocycles. The van der Waals surface area contributed by atoms with Crippen LogP contribution in [0.15, 0.2) is 41.1 Å². The molecule has 3 heteroatoms. The number of aromatic nitrogens is 2. The average molecular weight is 403 g/mol. The lowest BCUT2D eigenvalue weighted by molar-refractivity contribution is -0.661. The summed E-state index contributed by atoms with van der Waals surface area (Å²) in [6.45, 7) is 9.29. The van der Waals surface area contributed by atoms with Crippen molar-refractivity contribution in [3.8, 4) is 11.3 Å². The van der Waals surface area contributed by atoms with Crippen molar-refractivity contribution in [3.05, 3.63) is 59.0 Å². The van der Waals surface area contributed by atoms with Crippen molar-refractivity contribution < 1.29 is 13.1 Å². The molecule has 0 fully saturated rings. The van der Waals surface area contributed by atoms with Gasteiger partial charge in [-0.15, -0.1) is 0 Å². The first-order chi connectivity index (χ1) is 15.3. The standard InChI is InChI=1S/C27H31N2O/c1-16-15-29(7)19(14-28-16)21-17(2)23-24(27(5,6)13-12-26(23,3)4)22-18-10-8-9-11-20(18)30-25(21)22/h8-11,14-15H,12-13H2,1-7H3/q+1/i1D3. The van der Waals surface area contributed by atoms with Crippen molar-refractivity contribution in [3.63, 3.8) is 0 Å². The smallest absolute Gasteiger partial charge is 0.234 e. The minimum atomic E-state index is -2.25. The van der Waals surface area contributed by atoms with Crippen molar-refractivity contribution in [1.82, 2.24) is 4.98 Å². The Morgan fingerprint density at radius 2 is 1.77 bits per heavy atom. The number of hydrogen-bond acceptors (Lipinski definition) is 2. The monoisotopic (exact) mass is 402 g/mol. The van der Waals surface area contributed by atoms with Crippen LogP contribution in [0.1, 0.15) is 67.0 Å². The second-order valence-corrected chi connectivity index (χ2v) is 10.1. The predicted molar refractivity (Wildman–Crippen MR) is 123 cm³/mol. The summed E-state index contributed by atoms with van der Waals surface area (Å²) in [5.41, 5.74) is 7.66. The third-order valence-electron chi connectivity index (χ3n) is 7.08. The first-order valence-electron chi connectivity index (χ1n) is 12.2. The van der Waals surface area contributed by atoms with Gasteiger partial charge in [0.25, 0.3) is 0 Å². The Labute approximate surface area is 183 Å². The molecule has 2 aromatic carbocycles. The van der Waals surface area contributed by atoms with Crippen LogP contribution in [-0.4, -0.2) is 4.98 Å². The number of hydrogen-bond donors (Lipinski definition) is 0. The molecule has 1 aliphatic carbocycles. The maximum absolute atomic E-state index is 7.75. The van der Waals surface area contributed by atoms with E-state index in [4.69, 9.17) is 8.53 Å². The molecule has 4 aromatic rings. The van der Waals surface area contributed by atoms with E-state index in [2.05, 4.69) is 51.7 Å². The molecule has 5 rings (SSSR count). The van der Waals surface area contributed by atoms with Gasteiger partial charge in [-0.2, -0.15) is 4.57 Å². The second-order valence-electron chi connectivity index (χ2n) is 10.1. The van der Waals surface area contributed by atoms with Gasteiger partial charge in [0.2, 0.25) is 5.69 Å². The van der Waals surface area contributed by atoms with Gasteiger partial charge in [0.1, 0.15) is 23.9 Å². The molecular formula is C27H31N2O+. The third-order valence-corrected chi connectivity index (χ3v) is 7.08. The fraction of sp³-hybridized carbons (Fsp3) is 0.407. The van der Waals surface area contributed by atoms with Crippen LogP contribution in [0.2, 0.25) is 0 Å². The summed E-state index contributed by atoms with van der Waals surface area (Å²) >= 11 is 0. The number of furan rings is 1. The minimum Gasteiger partial charge on any atom is -0.455 e. The molecule has 0 aliphatic heterocycles. The molecular weight excluding hydrogens is 368 g/mol. The molecule has 2 heterocycles. The molecule has 3 nitrogen and oxygen atoms in total. The molecule has 0 saturated carbocycles. The van der Waals surface area contributed by atoms with E-state index in [1.54, 1.807) is 12.4 Å². The first kappa shape index (κ1) is 16.1. The highest BCUT2D eigenvalue weighted by Gasteiger charge is 2.42. The number of rotatable bonds is 1. The SMILES string of the molecule is [2H]C([2H])([2H])c1c[n+](C)c(-c2c(C)c3c(c4c2oc2ccccc24)C(C)(C)CCC3(C)C)cn1. The fourth-order valence-corrected chi connectivity index (χ4v) is 5.53. The molecule has 154 valence electrons. The van der Waals surface area contributed by atoms with E-state index in [-0.39, 0.29) is 16.5 Å². The Kier molecular flexibility index (Phi) is 3.30. The van der Waals surface area contributed by atoms with Crippen molar-refractivity contribution in [1.29, 1.82) is 0 Å². The molecule has 0 radical (unpaired) electrons. The van der Waals surface area contributed by atoms with Crippen molar-refractivity contribution >= 4 is 21.9 Å². The van der Waals surface area contributed by atoms with E-state index in [1.807, 2.05) is 23.7 Å². The lowest BCUT2D eigenvalue weighted by atomic mass is 9.60. The molecule has 2 aromatic heterocycles. The third kappa shape index (κ3) is 2.57. The Morgan fingerprint density at radius 1 is 1.07 bits per heavy atom. The van der Waals surface area contributed by atoms with Gasteiger partial charge in [-0.3, -0.25) is 0 Å². The van der Waals surface area contributed by atoms with Gasteiger partial charge in [0.15, 0.2) is 6.20 Å². The van der Waals surface area contributed by atoms with Crippen molar-refractivity contribution in [2.75, 3.05) is 0 Å². The predicted octanol–water partition coefficient (Wildman–Crippen LogP) is 6.44. The van der Waals surface area contributed by atoms with Gasteiger partial charge in [-0.1, -0.05) is 45.9 Å². The van der Waals surface area contributed by atoms with Crippen molar-refractivity contribution in [2.24, 2.45) is 7.05 Å². The largest absolute Gasteiger partial charge is 0.455 e. The van der Waals surface area contributed by atoms with E-state index in [1.165, 1.54) is 22.1 Å². The highest BCUT2D eigenvalue weighted by Crippen LogP contribution is 2.54. The molecule has 30 heavy (non-hydrogen) atoms. The molecule has 0 unspecified atom stereocenters. The van der Waals surface area contributed by atoms with E-state index < -0.39 is 6.85 Å². The van der Waals surface area contributed by atoms with Crippen LogP contribution >= 0.6 is 0 Å². The van der Waals surface area contributed by atoms with Crippen LogP contribution in [0.25, 0.3) is 33.2 Å². The summed E-state index contributed by atoms with van der Waals surface area (Å²) in [5, 5.41) is 2.31. The van der Waals surface area contributed by atoms with E-state index >= 15 is 0 Å². The Hall–Kier alpha value is -2.68. The molecule has 0 N–H and O–H groups in total. The van der Waals surface area contributed by atoms with Crippen LogP contribution in [0.3, 0.4) is 0 Å².